The van der Waals surface area contributed by atoms with Gasteiger partial charge in [-0.05, 0) is 57.5 Å². The molecule has 0 fully saturated rings. The van der Waals surface area contributed by atoms with E-state index >= 15 is 0 Å². The van der Waals surface area contributed by atoms with Crippen LogP contribution in [0, 0.1) is 18.3 Å². The fourth-order valence-electron chi connectivity index (χ4n) is 2.46. The minimum absolute atomic E-state index is 0.0392. The van der Waals surface area contributed by atoms with Gasteiger partial charge in [-0.1, -0.05) is 0 Å². The van der Waals surface area contributed by atoms with Gasteiger partial charge >= 0.3 is 6.09 Å². The molecule has 1 heterocycles. The molecule has 0 unspecified atom stereocenters. The number of ether oxygens (including phenoxy) is 1. The van der Waals surface area contributed by atoms with Gasteiger partial charge in [0, 0.05) is 17.4 Å². The average Bonchev–Trinajstić information content (AvgIpc) is 2.61. The molecule has 2 rings (SSSR count). The van der Waals surface area contributed by atoms with Crippen molar-refractivity contribution in [3.63, 3.8) is 0 Å². The Kier molecular flexibility index (Phi) is 6.03. The van der Waals surface area contributed by atoms with E-state index in [1.54, 1.807) is 52.0 Å². The van der Waals surface area contributed by atoms with Crippen molar-refractivity contribution in [1.82, 2.24) is 4.98 Å². The molecule has 1 aromatic carbocycles. The summed E-state index contributed by atoms with van der Waals surface area (Å²) in [5, 5.41) is 28.8. The van der Waals surface area contributed by atoms with E-state index in [4.69, 9.17) is 10.00 Å². The van der Waals surface area contributed by atoms with Crippen LogP contribution in [0.25, 0.3) is 0 Å². The lowest BCUT2D eigenvalue weighted by atomic mass is 10.1. The summed E-state index contributed by atoms with van der Waals surface area (Å²) in [6.07, 6.45) is 0.929. The maximum absolute atomic E-state index is 12.8. The molecule has 2 N–H and O–H groups in total. The van der Waals surface area contributed by atoms with E-state index < -0.39 is 11.7 Å². The molecule has 0 aliphatic carbocycles. The second-order valence-corrected chi connectivity index (χ2v) is 7.08. The minimum atomic E-state index is -0.699. The molecule has 0 saturated heterocycles. The van der Waals surface area contributed by atoms with Gasteiger partial charge < -0.3 is 14.9 Å². The lowest BCUT2D eigenvalue weighted by Gasteiger charge is -2.28. The number of nitrogens with zero attached hydrogens (tertiary/aromatic N) is 3. The zero-order chi connectivity index (χ0) is 20.2. The first kappa shape index (κ1) is 20.2. The Morgan fingerprint density at radius 3 is 2.44 bits per heavy atom. The number of aromatic nitrogens is 1. The Labute approximate surface area is 158 Å². The molecule has 2 aromatic rings. The number of amides is 1. The third kappa shape index (κ3) is 4.96. The molecule has 1 aromatic heterocycles. The van der Waals surface area contributed by atoms with E-state index in [0.29, 0.717) is 28.1 Å². The van der Waals surface area contributed by atoms with Gasteiger partial charge in [0.25, 0.3) is 0 Å². The normalized spacial score (nSPS) is 11.0. The van der Waals surface area contributed by atoms with E-state index in [9.17, 15) is 15.0 Å². The topological polar surface area (TPSA) is 107 Å². The zero-order valence-electron chi connectivity index (χ0n) is 15.9. The molecule has 0 aliphatic rings. The molecule has 0 aliphatic heterocycles. The van der Waals surface area contributed by atoms with Gasteiger partial charge in [-0.2, -0.15) is 5.26 Å². The van der Waals surface area contributed by atoms with Crippen molar-refractivity contribution in [2.75, 3.05) is 4.90 Å². The Bertz CT molecular complexity index is 865. The number of aryl methyl sites for hydroxylation is 1. The van der Waals surface area contributed by atoms with Crippen LogP contribution in [0.2, 0.25) is 0 Å². The molecule has 0 radical (unpaired) electrons. The van der Waals surface area contributed by atoms with Gasteiger partial charge in [0.15, 0.2) is 0 Å². The molecular formula is C20H23N3O4. The summed E-state index contributed by atoms with van der Waals surface area (Å²) in [5.41, 5.74) is 1.49. The van der Waals surface area contributed by atoms with E-state index in [0.717, 1.165) is 0 Å². The number of carbonyl (C=O) groups is 1. The Balaban J connectivity index is 2.45. The highest BCUT2D eigenvalue weighted by atomic mass is 16.6. The molecule has 1 amide bonds. The number of hydrogen-bond donors (Lipinski definition) is 2. The summed E-state index contributed by atoms with van der Waals surface area (Å²) >= 11 is 0. The van der Waals surface area contributed by atoms with Crippen molar-refractivity contribution in [3.05, 3.63) is 52.8 Å². The van der Waals surface area contributed by atoms with E-state index in [1.165, 1.54) is 11.1 Å². The van der Waals surface area contributed by atoms with Crippen LogP contribution < -0.4 is 4.90 Å². The molecule has 7 heteroatoms. The zero-order valence-corrected chi connectivity index (χ0v) is 15.9. The number of nitriles is 1. The van der Waals surface area contributed by atoms with Crippen molar-refractivity contribution in [2.45, 2.75) is 46.4 Å². The SMILES string of the molecule is Cc1ncc(CN(C(=O)OC(C)(C)C)c2ccc(C#N)cc2)c(CO)c1O. The first-order chi connectivity index (χ1) is 12.7. The molecule has 142 valence electrons. The Hall–Kier alpha value is -3.11. The smallest absolute Gasteiger partial charge is 0.415 e. The van der Waals surface area contributed by atoms with Gasteiger partial charge in [0.05, 0.1) is 30.5 Å². The highest BCUT2D eigenvalue weighted by molar-refractivity contribution is 5.88. The number of aliphatic hydroxyl groups excluding tert-OH is 1. The van der Waals surface area contributed by atoms with Crippen LogP contribution in [0.15, 0.2) is 30.5 Å². The van der Waals surface area contributed by atoms with Crippen molar-refractivity contribution in [1.29, 1.82) is 5.26 Å². The quantitative estimate of drug-likeness (QED) is 0.855. The fraction of sp³-hybridized carbons (Fsp3) is 0.350. The molecule has 0 bridgehead atoms. The van der Waals surface area contributed by atoms with E-state index in [-0.39, 0.29) is 18.9 Å². The summed E-state index contributed by atoms with van der Waals surface area (Å²) in [7, 11) is 0. The second-order valence-electron chi connectivity index (χ2n) is 7.08. The summed E-state index contributed by atoms with van der Waals surface area (Å²) in [6.45, 7) is 6.57. The standard InChI is InChI=1S/C20H23N3O4/c1-13-18(25)17(12-24)15(10-22-13)11-23(19(26)27-20(2,3)4)16-7-5-14(9-21)6-8-16/h5-8,10,24-25H,11-12H2,1-4H3. The number of rotatable bonds is 4. The Morgan fingerprint density at radius 2 is 1.93 bits per heavy atom. The Morgan fingerprint density at radius 1 is 1.30 bits per heavy atom. The van der Waals surface area contributed by atoms with E-state index in [1.807, 2.05) is 6.07 Å². The van der Waals surface area contributed by atoms with Crippen molar-refractivity contribution >= 4 is 11.8 Å². The summed E-state index contributed by atoms with van der Waals surface area (Å²) < 4.78 is 5.49. The van der Waals surface area contributed by atoms with Gasteiger partial charge in [0.1, 0.15) is 11.4 Å². The summed E-state index contributed by atoms with van der Waals surface area (Å²) in [6, 6.07) is 8.52. The fourth-order valence-corrected chi connectivity index (χ4v) is 2.46. The maximum atomic E-state index is 12.8. The van der Waals surface area contributed by atoms with Crippen LogP contribution in [-0.4, -0.2) is 26.9 Å². The number of aliphatic hydroxyl groups is 1. The predicted octanol–water partition coefficient (Wildman–Crippen LogP) is 3.40. The number of aromatic hydroxyl groups is 1. The molecule has 7 nitrogen and oxygen atoms in total. The highest BCUT2D eigenvalue weighted by Gasteiger charge is 2.25. The van der Waals surface area contributed by atoms with Crippen molar-refractivity contribution < 1.29 is 19.7 Å². The first-order valence-corrected chi connectivity index (χ1v) is 8.44. The summed E-state index contributed by atoms with van der Waals surface area (Å²) in [5.74, 6) is -0.0982. The number of carbonyl (C=O) groups excluding carboxylic acids is 1. The van der Waals surface area contributed by atoms with E-state index in [2.05, 4.69) is 4.98 Å². The van der Waals surface area contributed by atoms with Crippen molar-refractivity contribution in [2.24, 2.45) is 0 Å². The van der Waals surface area contributed by atoms with Crippen LogP contribution in [-0.2, 0) is 17.9 Å². The number of anilines is 1. The van der Waals surface area contributed by atoms with Gasteiger partial charge in [-0.3, -0.25) is 9.88 Å². The van der Waals surface area contributed by atoms with Crippen LogP contribution in [0.4, 0.5) is 10.5 Å². The van der Waals surface area contributed by atoms with Crippen LogP contribution >= 0.6 is 0 Å². The lowest BCUT2D eigenvalue weighted by molar-refractivity contribution is 0.0577. The summed E-state index contributed by atoms with van der Waals surface area (Å²) in [4.78, 5) is 18.2. The minimum Gasteiger partial charge on any atom is -0.506 e. The van der Waals surface area contributed by atoms with Crippen LogP contribution in [0.1, 0.15) is 43.2 Å². The number of pyridine rings is 1. The third-order valence-corrected chi connectivity index (χ3v) is 3.84. The number of benzene rings is 1. The van der Waals surface area contributed by atoms with Gasteiger partial charge in [-0.15, -0.1) is 0 Å². The van der Waals surface area contributed by atoms with Gasteiger partial charge in [0.2, 0.25) is 0 Å². The molecule has 0 spiro atoms. The van der Waals surface area contributed by atoms with Crippen molar-refractivity contribution in [3.8, 4) is 11.8 Å². The monoisotopic (exact) mass is 369 g/mol. The first-order valence-electron chi connectivity index (χ1n) is 8.44. The average molecular weight is 369 g/mol. The third-order valence-electron chi connectivity index (χ3n) is 3.84. The predicted molar refractivity (Wildman–Crippen MR) is 100 cm³/mol. The van der Waals surface area contributed by atoms with Crippen LogP contribution in [0.5, 0.6) is 5.75 Å². The lowest BCUT2D eigenvalue weighted by Crippen LogP contribution is -2.36. The van der Waals surface area contributed by atoms with Gasteiger partial charge in [-0.25, -0.2) is 4.79 Å². The van der Waals surface area contributed by atoms with Crippen LogP contribution in [0.3, 0.4) is 0 Å². The number of hydrogen-bond acceptors (Lipinski definition) is 6. The maximum Gasteiger partial charge on any atom is 0.415 e. The molecule has 0 saturated carbocycles. The largest absolute Gasteiger partial charge is 0.506 e. The highest BCUT2D eigenvalue weighted by Crippen LogP contribution is 2.27. The second kappa shape index (κ2) is 8.06. The molecular weight excluding hydrogens is 346 g/mol. The molecule has 27 heavy (non-hydrogen) atoms. The molecule has 0 atom stereocenters.